The molecule has 5 aromatic rings. The molecule has 0 amide bonds. The van der Waals surface area contributed by atoms with Gasteiger partial charge >= 0.3 is 5.69 Å². The molecule has 36 heavy (non-hydrogen) atoms. The predicted octanol–water partition coefficient (Wildman–Crippen LogP) is 2.48. The summed E-state index contributed by atoms with van der Waals surface area (Å²) in [6.45, 7) is 3.19. The van der Waals surface area contributed by atoms with Crippen molar-refractivity contribution in [3.63, 3.8) is 0 Å². The minimum absolute atomic E-state index is 0. The standard InChI is InChI=1S/C25H25FN8O2.H2/c1-31-14-15(11-30-31)17-9-18-20(10-22(17)36-3)28-13-21-23(18)34(25(35)32(21)2)24-19(26)8-16(12-29-24)33-6-4-27-5-7-33;/h8-14,27H,4-7H2,1-3H3;1H. The second kappa shape index (κ2) is 8.45. The molecule has 1 fully saturated rings. The summed E-state index contributed by atoms with van der Waals surface area (Å²) < 4.78 is 25.7. The number of pyridine rings is 2. The number of piperazine rings is 1. The average molecular weight is 491 g/mol. The van der Waals surface area contributed by atoms with Crippen molar-refractivity contribution < 1.29 is 10.6 Å². The van der Waals surface area contributed by atoms with Crippen LogP contribution in [0.1, 0.15) is 1.43 Å². The predicted molar refractivity (Wildman–Crippen MR) is 138 cm³/mol. The van der Waals surface area contributed by atoms with Gasteiger partial charge in [0.25, 0.3) is 0 Å². The lowest BCUT2D eigenvalue weighted by Gasteiger charge is -2.29. The summed E-state index contributed by atoms with van der Waals surface area (Å²) >= 11 is 0. The second-order valence-electron chi connectivity index (χ2n) is 8.88. The van der Waals surface area contributed by atoms with Gasteiger partial charge in [0, 0.05) is 76.5 Å². The molecule has 10 nitrogen and oxygen atoms in total. The number of halogens is 1. The SMILES string of the molecule is COc1cc2ncc3c(c2cc1-c1cnn(C)c1)n(-c1ncc(N2CCNCC2)cc1F)c(=O)n3C.[HH]. The fraction of sp³-hybridized carbons (Fsp3) is 0.280. The fourth-order valence-corrected chi connectivity index (χ4v) is 4.86. The van der Waals surface area contributed by atoms with Crippen LogP contribution in [-0.4, -0.2) is 62.2 Å². The van der Waals surface area contributed by atoms with Crippen molar-refractivity contribution in [2.24, 2.45) is 14.1 Å². The number of anilines is 1. The van der Waals surface area contributed by atoms with E-state index in [-0.39, 0.29) is 7.24 Å². The topological polar surface area (TPSA) is 95.0 Å². The summed E-state index contributed by atoms with van der Waals surface area (Å²) in [5.41, 5.74) is 3.65. The molecular weight excluding hydrogens is 463 g/mol. The van der Waals surface area contributed by atoms with E-state index < -0.39 is 11.5 Å². The van der Waals surface area contributed by atoms with E-state index in [1.807, 2.05) is 25.4 Å². The van der Waals surface area contributed by atoms with Crippen LogP contribution < -0.4 is 20.6 Å². The minimum atomic E-state index is -0.563. The van der Waals surface area contributed by atoms with Crippen LogP contribution in [0.5, 0.6) is 5.75 Å². The highest BCUT2D eigenvalue weighted by molar-refractivity contribution is 6.05. The molecule has 6 rings (SSSR count). The van der Waals surface area contributed by atoms with Crippen molar-refractivity contribution in [3.05, 3.63) is 59.3 Å². The number of fused-ring (bicyclic) bond motifs is 3. The molecule has 5 heterocycles. The van der Waals surface area contributed by atoms with Gasteiger partial charge in [-0.25, -0.2) is 18.7 Å². The molecule has 0 unspecified atom stereocenters. The van der Waals surface area contributed by atoms with Crippen LogP contribution in [0.2, 0.25) is 0 Å². The van der Waals surface area contributed by atoms with Gasteiger partial charge < -0.3 is 15.0 Å². The quantitative estimate of drug-likeness (QED) is 0.414. The molecule has 0 atom stereocenters. The van der Waals surface area contributed by atoms with Crippen molar-refractivity contribution in [2.45, 2.75) is 0 Å². The normalized spacial score (nSPS) is 14.2. The second-order valence-corrected chi connectivity index (χ2v) is 8.88. The molecule has 11 heteroatoms. The number of hydrogen-bond acceptors (Lipinski definition) is 7. The van der Waals surface area contributed by atoms with Crippen molar-refractivity contribution >= 4 is 27.6 Å². The summed E-state index contributed by atoms with van der Waals surface area (Å²) in [5, 5.41) is 8.23. The molecule has 0 spiro atoms. The van der Waals surface area contributed by atoms with Crippen molar-refractivity contribution in [1.82, 2.24) is 34.2 Å². The van der Waals surface area contributed by atoms with E-state index in [0.717, 1.165) is 37.3 Å². The third-order valence-corrected chi connectivity index (χ3v) is 6.72. The molecule has 1 aliphatic rings. The van der Waals surface area contributed by atoms with E-state index in [2.05, 4.69) is 25.3 Å². The molecule has 0 saturated carbocycles. The number of imidazole rings is 1. The number of nitrogens with one attached hydrogen (secondary N) is 1. The van der Waals surface area contributed by atoms with Crippen molar-refractivity contribution in [2.75, 3.05) is 38.2 Å². The van der Waals surface area contributed by atoms with Gasteiger partial charge in [-0.05, 0) is 6.07 Å². The molecule has 1 saturated heterocycles. The van der Waals surface area contributed by atoms with Crippen LogP contribution in [-0.2, 0) is 14.1 Å². The highest BCUT2D eigenvalue weighted by atomic mass is 19.1. The van der Waals surface area contributed by atoms with Crippen LogP contribution in [0.15, 0.2) is 47.8 Å². The molecule has 0 bridgehead atoms. The Labute approximate surface area is 207 Å². The average Bonchev–Trinajstić information content (AvgIpc) is 3.44. The van der Waals surface area contributed by atoms with Crippen LogP contribution >= 0.6 is 0 Å². The lowest BCUT2D eigenvalue weighted by atomic mass is 10.0. The van der Waals surface area contributed by atoms with Crippen LogP contribution in [0.25, 0.3) is 38.9 Å². The zero-order chi connectivity index (χ0) is 25.0. The molecule has 0 aliphatic carbocycles. The van der Waals surface area contributed by atoms with Gasteiger partial charge in [-0.15, -0.1) is 0 Å². The van der Waals surface area contributed by atoms with Gasteiger partial charge in [0.2, 0.25) is 0 Å². The lowest BCUT2D eigenvalue weighted by molar-refractivity contribution is 0.417. The molecule has 1 N–H and O–H groups in total. The van der Waals surface area contributed by atoms with Crippen LogP contribution in [0.3, 0.4) is 0 Å². The first-order valence-electron chi connectivity index (χ1n) is 11.6. The third kappa shape index (κ3) is 3.42. The summed E-state index contributed by atoms with van der Waals surface area (Å²) in [6.07, 6.45) is 6.87. The monoisotopic (exact) mass is 490 g/mol. The Morgan fingerprint density at radius 3 is 2.58 bits per heavy atom. The Hall–Kier alpha value is -4.25. The number of nitrogens with zero attached hydrogens (tertiary/aromatic N) is 7. The van der Waals surface area contributed by atoms with Crippen LogP contribution in [0, 0.1) is 5.82 Å². The van der Waals surface area contributed by atoms with Crippen molar-refractivity contribution in [3.8, 4) is 22.7 Å². The van der Waals surface area contributed by atoms with E-state index >= 15 is 4.39 Å². The number of aromatic nitrogens is 6. The van der Waals surface area contributed by atoms with E-state index in [9.17, 15) is 4.79 Å². The van der Waals surface area contributed by atoms with Crippen LogP contribution in [0.4, 0.5) is 10.1 Å². The number of benzene rings is 1. The fourth-order valence-electron chi connectivity index (χ4n) is 4.86. The Bertz CT molecular complexity index is 1690. The summed E-state index contributed by atoms with van der Waals surface area (Å²) in [6, 6.07) is 5.17. The Morgan fingerprint density at radius 2 is 1.89 bits per heavy atom. The smallest absolute Gasteiger partial charge is 0.334 e. The number of methoxy groups -OCH3 is 1. The van der Waals surface area contributed by atoms with E-state index in [0.29, 0.717) is 33.4 Å². The van der Waals surface area contributed by atoms with Gasteiger partial charge in [-0.1, -0.05) is 0 Å². The Balaban J connectivity index is 0.00000280. The number of rotatable bonds is 4. The summed E-state index contributed by atoms with van der Waals surface area (Å²) in [4.78, 5) is 24.5. The number of ether oxygens (including phenoxy) is 1. The molecular formula is C25H27FN8O2. The summed E-state index contributed by atoms with van der Waals surface area (Å²) in [7, 11) is 5.08. The lowest BCUT2D eigenvalue weighted by Crippen LogP contribution is -2.43. The van der Waals surface area contributed by atoms with Gasteiger partial charge in [0.1, 0.15) is 5.75 Å². The van der Waals surface area contributed by atoms with E-state index in [1.54, 1.807) is 37.4 Å². The third-order valence-electron chi connectivity index (χ3n) is 6.72. The number of aryl methyl sites for hydroxylation is 2. The minimum Gasteiger partial charge on any atom is -0.496 e. The first-order chi connectivity index (χ1) is 17.5. The molecule has 4 aromatic heterocycles. The van der Waals surface area contributed by atoms with Gasteiger partial charge in [0.05, 0.1) is 47.9 Å². The molecule has 0 radical (unpaired) electrons. The zero-order valence-electron chi connectivity index (χ0n) is 20.2. The first kappa shape index (κ1) is 22.2. The maximum absolute atomic E-state index is 15.6. The number of hydrogen-bond donors (Lipinski definition) is 1. The molecule has 186 valence electrons. The van der Waals surface area contributed by atoms with E-state index in [4.69, 9.17) is 4.74 Å². The largest absolute Gasteiger partial charge is 0.496 e. The molecule has 1 aliphatic heterocycles. The molecule has 1 aromatic carbocycles. The first-order valence-corrected chi connectivity index (χ1v) is 11.6. The maximum atomic E-state index is 15.6. The van der Waals surface area contributed by atoms with Gasteiger partial charge in [-0.2, -0.15) is 5.10 Å². The highest BCUT2D eigenvalue weighted by Crippen LogP contribution is 2.36. The summed E-state index contributed by atoms with van der Waals surface area (Å²) in [5.74, 6) is 0.0131. The Kier molecular flexibility index (Phi) is 5.22. The highest BCUT2D eigenvalue weighted by Gasteiger charge is 2.22. The van der Waals surface area contributed by atoms with E-state index in [1.165, 1.54) is 15.2 Å². The zero-order valence-corrected chi connectivity index (χ0v) is 20.2. The van der Waals surface area contributed by atoms with Gasteiger partial charge in [0.15, 0.2) is 11.6 Å². The Morgan fingerprint density at radius 1 is 1.08 bits per heavy atom. The van der Waals surface area contributed by atoms with Gasteiger partial charge in [-0.3, -0.25) is 14.2 Å². The maximum Gasteiger partial charge on any atom is 0.334 e. The van der Waals surface area contributed by atoms with Crippen molar-refractivity contribution in [1.29, 1.82) is 0 Å².